The maximum atomic E-state index is 13.4. The summed E-state index contributed by atoms with van der Waals surface area (Å²) in [6.07, 6.45) is 0. The maximum Gasteiger partial charge on any atom is 0.243 e. The molecule has 1 heterocycles. The van der Waals surface area contributed by atoms with E-state index >= 15 is 0 Å². The highest BCUT2D eigenvalue weighted by molar-refractivity contribution is 7.89. The van der Waals surface area contributed by atoms with Gasteiger partial charge in [-0.15, -0.1) is 0 Å². The largest absolute Gasteiger partial charge is 0.361 e. The molecule has 0 aliphatic rings. The number of nitrogens with zero attached hydrogens (tertiary/aromatic N) is 2. The summed E-state index contributed by atoms with van der Waals surface area (Å²) in [6.45, 7) is 8.01. The van der Waals surface area contributed by atoms with Crippen LogP contribution >= 0.6 is 0 Å². The molecule has 0 bridgehead atoms. The van der Waals surface area contributed by atoms with Gasteiger partial charge in [-0.25, -0.2) is 8.42 Å². The van der Waals surface area contributed by atoms with Crippen molar-refractivity contribution in [2.75, 3.05) is 0 Å². The van der Waals surface area contributed by atoms with Crippen LogP contribution in [-0.2, 0) is 23.1 Å². The second-order valence-electron chi connectivity index (χ2n) is 6.81. The number of rotatable bonds is 6. The lowest BCUT2D eigenvalue weighted by Crippen LogP contribution is -2.30. The summed E-state index contributed by atoms with van der Waals surface area (Å²) in [6, 6.07) is 14.8. The van der Waals surface area contributed by atoms with Crippen molar-refractivity contribution in [1.82, 2.24) is 9.46 Å². The van der Waals surface area contributed by atoms with E-state index in [9.17, 15) is 8.42 Å². The Balaban J connectivity index is 2.03. The molecule has 3 rings (SSSR count). The third-order valence-electron chi connectivity index (χ3n) is 4.83. The van der Waals surface area contributed by atoms with Crippen LogP contribution in [0.3, 0.4) is 0 Å². The highest BCUT2D eigenvalue weighted by Gasteiger charge is 2.27. The minimum atomic E-state index is -3.68. The van der Waals surface area contributed by atoms with Crippen molar-refractivity contribution in [2.24, 2.45) is 0 Å². The molecule has 0 amide bonds. The van der Waals surface area contributed by atoms with Gasteiger partial charge in [0.15, 0.2) is 0 Å². The van der Waals surface area contributed by atoms with E-state index in [1.807, 2.05) is 57.2 Å². The smallest absolute Gasteiger partial charge is 0.243 e. The van der Waals surface area contributed by atoms with E-state index in [1.165, 1.54) is 4.31 Å². The molecule has 1 aromatic heterocycles. The lowest BCUT2D eigenvalue weighted by Gasteiger charge is -2.23. The normalized spacial score (nSPS) is 11.9. The van der Waals surface area contributed by atoms with Crippen LogP contribution in [0.5, 0.6) is 0 Å². The Kier molecular flexibility index (Phi) is 5.48. The Morgan fingerprint density at radius 1 is 0.926 bits per heavy atom. The monoisotopic (exact) mass is 384 g/mol. The third-order valence-corrected chi connectivity index (χ3v) is 6.62. The zero-order chi connectivity index (χ0) is 19.6. The molecule has 0 N–H and O–H groups in total. The van der Waals surface area contributed by atoms with E-state index in [1.54, 1.807) is 19.1 Å². The molecule has 5 nitrogen and oxygen atoms in total. The van der Waals surface area contributed by atoms with Crippen molar-refractivity contribution in [1.29, 1.82) is 0 Å². The van der Waals surface area contributed by atoms with Crippen LogP contribution in [0.2, 0.25) is 0 Å². The molecule has 2 aromatic carbocycles. The van der Waals surface area contributed by atoms with Crippen molar-refractivity contribution in [3.8, 4) is 0 Å². The molecule has 0 aliphatic carbocycles. The molecule has 0 radical (unpaired) electrons. The quantitative estimate of drug-likeness (QED) is 0.636. The first kappa shape index (κ1) is 19.3. The Labute approximate surface area is 160 Å². The highest BCUT2D eigenvalue weighted by Crippen LogP contribution is 2.25. The summed E-state index contributed by atoms with van der Waals surface area (Å²) in [5.41, 5.74) is 4.46. The Bertz CT molecular complexity index is 1020. The fourth-order valence-electron chi connectivity index (χ4n) is 2.94. The summed E-state index contributed by atoms with van der Waals surface area (Å²) in [5, 5.41) is 3.96. The summed E-state index contributed by atoms with van der Waals surface area (Å²) < 4.78 is 33.6. The molecule has 0 spiro atoms. The van der Waals surface area contributed by atoms with Gasteiger partial charge in [0.25, 0.3) is 0 Å². The first-order valence-electron chi connectivity index (χ1n) is 8.82. The molecule has 0 atom stereocenters. The first-order chi connectivity index (χ1) is 12.8. The van der Waals surface area contributed by atoms with Gasteiger partial charge in [0, 0.05) is 18.7 Å². The number of benzene rings is 2. The van der Waals surface area contributed by atoms with Crippen molar-refractivity contribution < 1.29 is 12.9 Å². The number of hydrogen-bond donors (Lipinski definition) is 0. The zero-order valence-corrected chi connectivity index (χ0v) is 16.9. The minimum absolute atomic E-state index is 0.214. The zero-order valence-electron chi connectivity index (χ0n) is 16.1. The molecule has 0 fully saturated rings. The van der Waals surface area contributed by atoms with Gasteiger partial charge in [-0.2, -0.15) is 4.31 Å². The lowest BCUT2D eigenvalue weighted by atomic mass is 10.1. The summed E-state index contributed by atoms with van der Waals surface area (Å²) in [7, 11) is -3.68. The predicted molar refractivity (Wildman–Crippen MR) is 105 cm³/mol. The molecule has 0 saturated heterocycles. The Morgan fingerprint density at radius 2 is 1.63 bits per heavy atom. The number of hydrogen-bond acceptors (Lipinski definition) is 4. The van der Waals surface area contributed by atoms with Crippen molar-refractivity contribution >= 4 is 10.0 Å². The van der Waals surface area contributed by atoms with Gasteiger partial charge in [0.05, 0.1) is 10.6 Å². The molecule has 27 heavy (non-hydrogen) atoms. The average molecular weight is 385 g/mol. The molecule has 3 aromatic rings. The molecule has 142 valence electrons. The van der Waals surface area contributed by atoms with Crippen LogP contribution in [0.25, 0.3) is 0 Å². The molecule has 0 aliphatic heterocycles. The molecule has 0 unspecified atom stereocenters. The first-order valence-corrected chi connectivity index (χ1v) is 10.3. The van der Waals surface area contributed by atoms with E-state index < -0.39 is 10.0 Å². The summed E-state index contributed by atoms with van der Waals surface area (Å²) in [5.74, 6) is 0.640. The van der Waals surface area contributed by atoms with Gasteiger partial charge in [-0.3, -0.25) is 0 Å². The Hall–Kier alpha value is -2.44. The second-order valence-corrected chi connectivity index (χ2v) is 8.75. The second kappa shape index (κ2) is 7.66. The minimum Gasteiger partial charge on any atom is -0.361 e. The van der Waals surface area contributed by atoms with Gasteiger partial charge < -0.3 is 4.52 Å². The van der Waals surface area contributed by atoms with Gasteiger partial charge in [-0.05, 0) is 56.5 Å². The van der Waals surface area contributed by atoms with Crippen LogP contribution in [0.4, 0.5) is 0 Å². The molecular weight excluding hydrogens is 360 g/mol. The SMILES string of the molecule is Cc1ccc(S(=O)(=O)N(Cc2ccccc2)Cc2c(C)noc2C)cc1C. The van der Waals surface area contributed by atoms with Crippen molar-refractivity contribution in [3.63, 3.8) is 0 Å². The third kappa shape index (κ3) is 4.12. The topological polar surface area (TPSA) is 63.4 Å². The van der Waals surface area contributed by atoms with Gasteiger partial charge >= 0.3 is 0 Å². The maximum absolute atomic E-state index is 13.4. The molecule has 6 heteroatoms. The fraction of sp³-hybridized carbons (Fsp3) is 0.286. The van der Waals surface area contributed by atoms with E-state index in [0.717, 1.165) is 22.3 Å². The van der Waals surface area contributed by atoms with E-state index in [0.29, 0.717) is 16.3 Å². The standard InChI is InChI=1S/C21H24N2O3S/c1-15-10-11-20(12-16(15)2)27(24,25)23(13-19-8-6-5-7-9-19)14-21-17(3)22-26-18(21)4/h5-12H,13-14H2,1-4H3. The molecule has 0 saturated carbocycles. The van der Waals surface area contributed by atoms with Crippen LogP contribution in [-0.4, -0.2) is 17.9 Å². The van der Waals surface area contributed by atoms with E-state index in [2.05, 4.69) is 5.16 Å². The van der Waals surface area contributed by atoms with Crippen molar-refractivity contribution in [3.05, 3.63) is 82.2 Å². The van der Waals surface area contributed by atoms with E-state index in [-0.39, 0.29) is 13.1 Å². The Morgan fingerprint density at radius 3 is 2.22 bits per heavy atom. The number of sulfonamides is 1. The average Bonchev–Trinajstić information content (AvgIpc) is 2.96. The van der Waals surface area contributed by atoms with Gasteiger partial charge in [-0.1, -0.05) is 41.6 Å². The van der Waals surface area contributed by atoms with Crippen molar-refractivity contribution in [2.45, 2.75) is 45.7 Å². The van der Waals surface area contributed by atoms with Gasteiger partial charge in [0.1, 0.15) is 5.76 Å². The van der Waals surface area contributed by atoms with E-state index in [4.69, 9.17) is 4.52 Å². The lowest BCUT2D eigenvalue weighted by molar-refractivity contribution is 0.381. The van der Waals surface area contributed by atoms with Crippen LogP contribution in [0, 0.1) is 27.7 Å². The summed E-state index contributed by atoms with van der Waals surface area (Å²) in [4.78, 5) is 0.299. The van der Waals surface area contributed by atoms with Gasteiger partial charge in [0.2, 0.25) is 10.0 Å². The van der Waals surface area contributed by atoms with Crippen LogP contribution in [0.15, 0.2) is 57.9 Å². The predicted octanol–water partition coefficient (Wildman–Crippen LogP) is 4.30. The number of aryl methyl sites for hydroxylation is 4. The van der Waals surface area contributed by atoms with Crippen LogP contribution in [0.1, 0.15) is 33.7 Å². The number of aromatic nitrogens is 1. The summed E-state index contributed by atoms with van der Waals surface area (Å²) >= 11 is 0. The fourth-order valence-corrected chi connectivity index (χ4v) is 4.42. The highest BCUT2D eigenvalue weighted by atomic mass is 32.2. The van der Waals surface area contributed by atoms with Crippen LogP contribution < -0.4 is 0 Å². The molecular formula is C21H24N2O3S.